The topological polar surface area (TPSA) is 67.2 Å². The fourth-order valence-corrected chi connectivity index (χ4v) is 5.32. The van der Waals surface area contributed by atoms with Crippen LogP contribution in [0.1, 0.15) is 63.1 Å². The molecule has 1 aliphatic heterocycles. The number of hydrogen-bond acceptors (Lipinski definition) is 4. The standard InChI is InChI=1S/C24H34N4O2/c1-5-17-13-22-16(14-25-17)11-20(24(30)28(22)4)19-12-18(9-8-15(19)2)26-23(29)21-7-6-10-27(21)3/h11,13-15,18-19,21H,5-10,12H2,1-4H3,(H,26,29). The van der Waals surface area contributed by atoms with Crippen LogP contribution in [0.2, 0.25) is 0 Å². The van der Waals surface area contributed by atoms with Gasteiger partial charge < -0.3 is 9.88 Å². The number of pyridine rings is 2. The molecule has 0 aromatic carbocycles. The van der Waals surface area contributed by atoms with Crippen molar-refractivity contribution in [2.45, 2.75) is 70.4 Å². The van der Waals surface area contributed by atoms with Gasteiger partial charge in [-0.05, 0) is 76.1 Å². The van der Waals surface area contributed by atoms with Crippen LogP contribution in [0.25, 0.3) is 10.9 Å². The maximum absolute atomic E-state index is 13.3. The number of rotatable bonds is 4. The molecule has 4 atom stereocenters. The third-order valence-corrected chi connectivity index (χ3v) is 7.32. The second-order valence-corrected chi connectivity index (χ2v) is 9.29. The summed E-state index contributed by atoms with van der Waals surface area (Å²) in [4.78, 5) is 32.7. The number of amides is 1. The van der Waals surface area contributed by atoms with Gasteiger partial charge in [-0.3, -0.25) is 19.5 Å². The summed E-state index contributed by atoms with van der Waals surface area (Å²) >= 11 is 0. The highest BCUT2D eigenvalue weighted by Gasteiger charge is 2.34. The van der Waals surface area contributed by atoms with Crippen LogP contribution in [-0.2, 0) is 18.3 Å². The third-order valence-electron chi connectivity index (χ3n) is 7.32. The summed E-state index contributed by atoms with van der Waals surface area (Å²) in [5.74, 6) is 0.718. The van der Waals surface area contributed by atoms with Crippen LogP contribution in [0.4, 0.5) is 0 Å². The van der Waals surface area contributed by atoms with Gasteiger partial charge in [-0.25, -0.2) is 0 Å². The van der Waals surface area contributed by atoms with E-state index in [1.54, 1.807) is 4.57 Å². The number of likely N-dealkylation sites (tertiary alicyclic amines) is 1. The number of carbonyl (C=O) groups is 1. The van der Waals surface area contributed by atoms with Crippen molar-refractivity contribution in [3.05, 3.63) is 39.9 Å². The van der Waals surface area contributed by atoms with Crippen molar-refractivity contribution < 1.29 is 4.79 Å². The highest BCUT2D eigenvalue weighted by Crippen LogP contribution is 2.37. The minimum atomic E-state index is -0.00447. The second kappa shape index (κ2) is 8.50. The van der Waals surface area contributed by atoms with Crippen molar-refractivity contribution in [3.8, 4) is 0 Å². The zero-order chi connectivity index (χ0) is 21.4. The summed E-state index contributed by atoms with van der Waals surface area (Å²) < 4.78 is 1.77. The van der Waals surface area contributed by atoms with E-state index < -0.39 is 0 Å². The molecule has 2 aromatic heterocycles. The number of aryl methyl sites for hydroxylation is 2. The lowest BCUT2D eigenvalue weighted by atomic mass is 9.74. The van der Waals surface area contributed by atoms with Crippen LogP contribution in [-0.4, -0.2) is 46.0 Å². The molecule has 6 nitrogen and oxygen atoms in total. The Morgan fingerprint density at radius 3 is 2.73 bits per heavy atom. The van der Waals surface area contributed by atoms with Gasteiger partial charge in [0, 0.05) is 35.9 Å². The molecule has 1 aliphatic carbocycles. The summed E-state index contributed by atoms with van der Waals surface area (Å²) in [6, 6.07) is 4.19. The molecular formula is C24H34N4O2. The molecule has 2 fully saturated rings. The Balaban J connectivity index is 1.59. The number of aromatic nitrogens is 2. The number of nitrogens with zero attached hydrogens (tertiary/aromatic N) is 3. The molecule has 30 heavy (non-hydrogen) atoms. The number of nitrogens with one attached hydrogen (secondary N) is 1. The molecule has 6 heteroatoms. The normalized spacial score (nSPS) is 27.5. The summed E-state index contributed by atoms with van der Waals surface area (Å²) in [5.41, 5.74) is 2.87. The zero-order valence-corrected chi connectivity index (χ0v) is 18.6. The van der Waals surface area contributed by atoms with E-state index >= 15 is 0 Å². The lowest BCUT2D eigenvalue weighted by molar-refractivity contribution is -0.126. The van der Waals surface area contributed by atoms with Crippen LogP contribution in [0.3, 0.4) is 0 Å². The van der Waals surface area contributed by atoms with Gasteiger partial charge in [0.2, 0.25) is 5.91 Å². The van der Waals surface area contributed by atoms with E-state index in [1.807, 2.05) is 32.4 Å². The Morgan fingerprint density at radius 1 is 1.23 bits per heavy atom. The van der Waals surface area contributed by atoms with Crippen molar-refractivity contribution >= 4 is 16.8 Å². The minimum Gasteiger partial charge on any atom is -0.352 e. The minimum absolute atomic E-state index is 0.00447. The third kappa shape index (κ3) is 3.89. The first kappa shape index (κ1) is 21.0. The van der Waals surface area contributed by atoms with E-state index in [4.69, 9.17) is 0 Å². The molecule has 1 N–H and O–H groups in total. The molecule has 162 valence electrons. The first-order chi connectivity index (χ1) is 14.4. The maximum Gasteiger partial charge on any atom is 0.254 e. The highest BCUT2D eigenvalue weighted by molar-refractivity contribution is 5.82. The molecule has 3 heterocycles. The predicted octanol–water partition coefficient (Wildman–Crippen LogP) is 2.98. The smallest absolute Gasteiger partial charge is 0.254 e. The van der Waals surface area contributed by atoms with Crippen LogP contribution in [0, 0.1) is 5.92 Å². The zero-order valence-electron chi connectivity index (χ0n) is 18.6. The Kier molecular flexibility index (Phi) is 5.96. The van der Waals surface area contributed by atoms with Crippen molar-refractivity contribution in [3.63, 3.8) is 0 Å². The van der Waals surface area contributed by atoms with Crippen molar-refractivity contribution in [1.82, 2.24) is 19.8 Å². The van der Waals surface area contributed by atoms with E-state index in [0.717, 1.165) is 67.2 Å². The molecule has 0 radical (unpaired) electrons. The Bertz CT molecular complexity index is 999. The SMILES string of the molecule is CCc1cc2c(cn1)cc(C1CC(NC(=O)C3CCCN3C)CCC1C)c(=O)n2C. The molecule has 1 saturated carbocycles. The predicted molar refractivity (Wildman–Crippen MR) is 120 cm³/mol. The van der Waals surface area contributed by atoms with Crippen molar-refractivity contribution in [2.75, 3.05) is 13.6 Å². The van der Waals surface area contributed by atoms with E-state index in [-0.39, 0.29) is 29.5 Å². The molecule has 0 spiro atoms. The number of carbonyl (C=O) groups excluding carboxylic acids is 1. The Hall–Kier alpha value is -2.21. The van der Waals surface area contributed by atoms with Gasteiger partial charge in [-0.2, -0.15) is 0 Å². The van der Waals surface area contributed by atoms with Gasteiger partial charge in [0.1, 0.15) is 0 Å². The largest absolute Gasteiger partial charge is 0.352 e. The van der Waals surface area contributed by atoms with Crippen LogP contribution < -0.4 is 10.9 Å². The van der Waals surface area contributed by atoms with Gasteiger partial charge in [0.15, 0.2) is 0 Å². The first-order valence-corrected chi connectivity index (χ1v) is 11.4. The van der Waals surface area contributed by atoms with Gasteiger partial charge in [0.25, 0.3) is 5.56 Å². The lowest BCUT2D eigenvalue weighted by Crippen LogP contribution is -2.48. The highest BCUT2D eigenvalue weighted by atomic mass is 16.2. The van der Waals surface area contributed by atoms with Crippen LogP contribution >= 0.6 is 0 Å². The summed E-state index contributed by atoms with van der Waals surface area (Å²) in [6.07, 6.45) is 7.58. The molecular weight excluding hydrogens is 376 g/mol. The lowest BCUT2D eigenvalue weighted by Gasteiger charge is -2.35. The second-order valence-electron chi connectivity index (χ2n) is 9.29. The first-order valence-electron chi connectivity index (χ1n) is 11.4. The molecule has 2 aliphatic rings. The summed E-state index contributed by atoms with van der Waals surface area (Å²) in [5, 5.41) is 4.31. The van der Waals surface area contributed by atoms with E-state index in [9.17, 15) is 9.59 Å². The number of fused-ring (bicyclic) bond motifs is 1. The Morgan fingerprint density at radius 2 is 2.03 bits per heavy atom. The fraction of sp³-hybridized carbons (Fsp3) is 0.625. The quantitative estimate of drug-likeness (QED) is 0.842. The van der Waals surface area contributed by atoms with Gasteiger partial charge in [-0.15, -0.1) is 0 Å². The van der Waals surface area contributed by atoms with Crippen LogP contribution in [0.5, 0.6) is 0 Å². The molecule has 4 unspecified atom stereocenters. The molecule has 1 amide bonds. The average molecular weight is 411 g/mol. The van der Waals surface area contributed by atoms with Gasteiger partial charge in [-0.1, -0.05) is 13.8 Å². The van der Waals surface area contributed by atoms with Crippen LogP contribution in [0.15, 0.2) is 23.1 Å². The van der Waals surface area contributed by atoms with Crippen molar-refractivity contribution in [2.24, 2.45) is 13.0 Å². The number of likely N-dealkylation sites (N-methyl/N-ethyl adjacent to an activating group) is 1. The monoisotopic (exact) mass is 410 g/mol. The Labute approximate surface area is 178 Å². The summed E-state index contributed by atoms with van der Waals surface area (Å²) in [6.45, 7) is 5.29. The number of hydrogen-bond donors (Lipinski definition) is 1. The maximum atomic E-state index is 13.3. The van der Waals surface area contributed by atoms with E-state index in [0.29, 0.717) is 5.92 Å². The van der Waals surface area contributed by atoms with E-state index in [1.165, 1.54) is 0 Å². The molecule has 2 aromatic rings. The molecule has 0 bridgehead atoms. The van der Waals surface area contributed by atoms with E-state index in [2.05, 4.69) is 29.0 Å². The average Bonchev–Trinajstić information content (AvgIpc) is 3.18. The van der Waals surface area contributed by atoms with Crippen molar-refractivity contribution in [1.29, 1.82) is 0 Å². The molecule has 4 rings (SSSR count). The fourth-order valence-electron chi connectivity index (χ4n) is 5.32. The van der Waals surface area contributed by atoms with Gasteiger partial charge >= 0.3 is 0 Å². The summed E-state index contributed by atoms with van der Waals surface area (Å²) in [7, 11) is 3.88. The van der Waals surface area contributed by atoms with Gasteiger partial charge in [0.05, 0.1) is 11.6 Å². The molecule has 1 saturated heterocycles.